The zero-order valence-electron chi connectivity index (χ0n) is 19.6. The standard InChI is InChI=1S/C24H34N4O4.HI/c1-4-25-24(27-20-8-9-22(29-2)23(17-20)30-3)26-18-19-6-5-7-21(16-19)32-15-12-28-10-13-31-14-11-28;/h5-9,16-17H,4,10-15,18H2,1-3H3,(H2,25,26,27);1H. The minimum atomic E-state index is 0. The number of halogens is 1. The molecular formula is C24H35IN4O4. The van der Waals surface area contributed by atoms with Crippen LogP contribution in [0.3, 0.4) is 0 Å². The summed E-state index contributed by atoms with van der Waals surface area (Å²) in [6.45, 7) is 8.44. The van der Waals surface area contributed by atoms with E-state index in [1.807, 2.05) is 43.3 Å². The molecule has 1 heterocycles. The molecule has 1 saturated heterocycles. The Labute approximate surface area is 213 Å². The molecule has 2 N–H and O–H groups in total. The Hall–Kier alpha value is -2.24. The highest BCUT2D eigenvalue weighted by Crippen LogP contribution is 2.29. The summed E-state index contributed by atoms with van der Waals surface area (Å²) in [4.78, 5) is 7.08. The number of ether oxygens (including phenoxy) is 4. The average Bonchev–Trinajstić information content (AvgIpc) is 2.83. The largest absolute Gasteiger partial charge is 0.493 e. The predicted octanol–water partition coefficient (Wildman–Crippen LogP) is 3.61. The molecule has 182 valence electrons. The molecule has 2 aromatic carbocycles. The topological polar surface area (TPSA) is 76.6 Å². The van der Waals surface area contributed by atoms with Gasteiger partial charge in [-0.15, -0.1) is 24.0 Å². The molecule has 9 heteroatoms. The first-order valence-electron chi connectivity index (χ1n) is 11.0. The fourth-order valence-corrected chi connectivity index (χ4v) is 3.38. The molecule has 2 aromatic rings. The van der Waals surface area contributed by atoms with Crippen molar-refractivity contribution in [3.8, 4) is 17.2 Å². The van der Waals surface area contributed by atoms with Gasteiger partial charge in [0.1, 0.15) is 12.4 Å². The van der Waals surface area contributed by atoms with E-state index in [2.05, 4.69) is 21.6 Å². The van der Waals surface area contributed by atoms with Gasteiger partial charge in [0.15, 0.2) is 17.5 Å². The van der Waals surface area contributed by atoms with Crippen LogP contribution >= 0.6 is 24.0 Å². The third kappa shape index (κ3) is 8.90. The second-order valence-corrected chi connectivity index (χ2v) is 7.34. The van der Waals surface area contributed by atoms with Crippen molar-refractivity contribution in [1.29, 1.82) is 0 Å². The van der Waals surface area contributed by atoms with Crippen molar-refractivity contribution >= 4 is 35.6 Å². The summed E-state index contributed by atoms with van der Waals surface area (Å²) in [5.74, 6) is 2.91. The summed E-state index contributed by atoms with van der Waals surface area (Å²) in [6, 6.07) is 13.8. The van der Waals surface area contributed by atoms with E-state index in [1.54, 1.807) is 14.2 Å². The van der Waals surface area contributed by atoms with Gasteiger partial charge in [0.05, 0.1) is 34.0 Å². The molecule has 1 fully saturated rings. The van der Waals surface area contributed by atoms with Crippen LogP contribution in [0.15, 0.2) is 47.5 Å². The van der Waals surface area contributed by atoms with E-state index >= 15 is 0 Å². The van der Waals surface area contributed by atoms with E-state index in [4.69, 9.17) is 23.9 Å². The Morgan fingerprint density at radius 3 is 2.58 bits per heavy atom. The van der Waals surface area contributed by atoms with Crippen molar-refractivity contribution in [2.24, 2.45) is 4.99 Å². The van der Waals surface area contributed by atoms with Gasteiger partial charge in [0.25, 0.3) is 0 Å². The first kappa shape index (κ1) is 27.0. The number of hydrogen-bond acceptors (Lipinski definition) is 6. The molecule has 1 aliphatic rings. The highest BCUT2D eigenvalue weighted by Gasteiger charge is 2.10. The number of morpholine rings is 1. The molecule has 0 amide bonds. The Morgan fingerprint density at radius 1 is 1.06 bits per heavy atom. The molecule has 0 spiro atoms. The van der Waals surface area contributed by atoms with Crippen LogP contribution in [-0.2, 0) is 11.3 Å². The number of anilines is 1. The quantitative estimate of drug-likeness (QED) is 0.257. The van der Waals surface area contributed by atoms with E-state index in [1.165, 1.54) is 0 Å². The minimum absolute atomic E-state index is 0. The van der Waals surface area contributed by atoms with E-state index in [9.17, 15) is 0 Å². The molecule has 8 nitrogen and oxygen atoms in total. The van der Waals surface area contributed by atoms with Gasteiger partial charge in [0.2, 0.25) is 0 Å². The number of nitrogens with one attached hydrogen (secondary N) is 2. The first-order valence-corrected chi connectivity index (χ1v) is 11.0. The minimum Gasteiger partial charge on any atom is -0.493 e. The molecular weight excluding hydrogens is 535 g/mol. The number of guanidine groups is 1. The van der Waals surface area contributed by atoms with Gasteiger partial charge >= 0.3 is 0 Å². The molecule has 0 aromatic heterocycles. The van der Waals surface area contributed by atoms with Gasteiger partial charge in [0, 0.05) is 37.9 Å². The summed E-state index contributed by atoms with van der Waals surface area (Å²) in [5, 5.41) is 6.59. The van der Waals surface area contributed by atoms with Gasteiger partial charge in [-0.05, 0) is 36.8 Å². The average molecular weight is 570 g/mol. The number of rotatable bonds is 10. The highest BCUT2D eigenvalue weighted by atomic mass is 127. The van der Waals surface area contributed by atoms with Crippen LogP contribution in [0.5, 0.6) is 17.2 Å². The second-order valence-electron chi connectivity index (χ2n) is 7.34. The van der Waals surface area contributed by atoms with Crippen LogP contribution in [0.2, 0.25) is 0 Å². The number of methoxy groups -OCH3 is 2. The molecule has 1 aliphatic heterocycles. The highest BCUT2D eigenvalue weighted by molar-refractivity contribution is 14.0. The van der Waals surface area contributed by atoms with Crippen molar-refractivity contribution in [3.63, 3.8) is 0 Å². The summed E-state index contributed by atoms with van der Waals surface area (Å²) >= 11 is 0. The van der Waals surface area contributed by atoms with Crippen LogP contribution in [0.1, 0.15) is 12.5 Å². The van der Waals surface area contributed by atoms with Gasteiger partial charge < -0.3 is 29.6 Å². The van der Waals surface area contributed by atoms with Crippen LogP contribution in [0.4, 0.5) is 5.69 Å². The lowest BCUT2D eigenvalue weighted by atomic mass is 10.2. The van der Waals surface area contributed by atoms with E-state index in [0.717, 1.165) is 56.4 Å². The molecule has 3 rings (SSSR count). The maximum absolute atomic E-state index is 5.96. The van der Waals surface area contributed by atoms with Crippen molar-refractivity contribution in [1.82, 2.24) is 10.2 Å². The Kier molecular flexibility index (Phi) is 12.1. The molecule has 0 radical (unpaired) electrons. The Morgan fingerprint density at radius 2 is 1.85 bits per heavy atom. The molecule has 0 bridgehead atoms. The lowest BCUT2D eigenvalue weighted by molar-refractivity contribution is 0.0322. The van der Waals surface area contributed by atoms with Crippen LogP contribution in [-0.4, -0.2) is 71.1 Å². The summed E-state index contributed by atoms with van der Waals surface area (Å²) in [7, 11) is 3.24. The van der Waals surface area contributed by atoms with Crippen molar-refractivity contribution in [2.45, 2.75) is 13.5 Å². The molecule has 0 aliphatic carbocycles. The van der Waals surface area contributed by atoms with E-state index < -0.39 is 0 Å². The Balaban J connectivity index is 0.00000385. The van der Waals surface area contributed by atoms with Gasteiger partial charge in [-0.2, -0.15) is 0 Å². The van der Waals surface area contributed by atoms with Crippen molar-refractivity contribution in [2.75, 3.05) is 65.5 Å². The molecule has 0 saturated carbocycles. The summed E-state index contributed by atoms with van der Waals surface area (Å²) < 4.78 is 22.0. The fraction of sp³-hybridized carbons (Fsp3) is 0.458. The zero-order chi connectivity index (χ0) is 22.6. The smallest absolute Gasteiger partial charge is 0.196 e. The normalized spacial score (nSPS) is 14.2. The fourth-order valence-electron chi connectivity index (χ4n) is 3.38. The third-order valence-electron chi connectivity index (χ3n) is 5.09. The molecule has 0 unspecified atom stereocenters. The van der Waals surface area contributed by atoms with Gasteiger partial charge in [-0.1, -0.05) is 12.1 Å². The lowest BCUT2D eigenvalue weighted by Crippen LogP contribution is -2.38. The Bertz CT molecular complexity index is 875. The van der Waals surface area contributed by atoms with Crippen LogP contribution in [0.25, 0.3) is 0 Å². The van der Waals surface area contributed by atoms with E-state index in [0.29, 0.717) is 30.6 Å². The third-order valence-corrected chi connectivity index (χ3v) is 5.09. The number of nitrogens with zero attached hydrogens (tertiary/aromatic N) is 2. The van der Waals surface area contributed by atoms with Crippen molar-refractivity contribution in [3.05, 3.63) is 48.0 Å². The van der Waals surface area contributed by atoms with Crippen molar-refractivity contribution < 1.29 is 18.9 Å². The molecule has 0 atom stereocenters. The second kappa shape index (κ2) is 14.8. The molecule has 33 heavy (non-hydrogen) atoms. The lowest BCUT2D eigenvalue weighted by Gasteiger charge is -2.26. The van der Waals surface area contributed by atoms with E-state index in [-0.39, 0.29) is 24.0 Å². The van der Waals surface area contributed by atoms with Gasteiger partial charge in [-0.3, -0.25) is 4.90 Å². The predicted molar refractivity (Wildman–Crippen MR) is 143 cm³/mol. The zero-order valence-corrected chi connectivity index (χ0v) is 22.0. The monoisotopic (exact) mass is 570 g/mol. The maximum atomic E-state index is 5.96. The SMILES string of the molecule is CCNC(=NCc1cccc(OCCN2CCOCC2)c1)Nc1ccc(OC)c(OC)c1.I. The summed E-state index contributed by atoms with van der Waals surface area (Å²) in [5.41, 5.74) is 1.95. The number of hydrogen-bond donors (Lipinski definition) is 2. The van der Waals surface area contributed by atoms with Gasteiger partial charge in [-0.25, -0.2) is 4.99 Å². The summed E-state index contributed by atoms with van der Waals surface area (Å²) in [6.07, 6.45) is 0. The first-order chi connectivity index (χ1) is 15.7. The van der Waals surface area contributed by atoms with Crippen LogP contribution in [0, 0.1) is 0 Å². The number of benzene rings is 2. The van der Waals surface area contributed by atoms with Crippen LogP contribution < -0.4 is 24.8 Å². The maximum Gasteiger partial charge on any atom is 0.196 e. The number of aliphatic imine (C=N–C) groups is 1.